The highest BCUT2D eigenvalue weighted by atomic mass is 35.5. The molecule has 118 valence electrons. The molecule has 2 heterocycles. The van der Waals surface area contributed by atoms with Crippen molar-refractivity contribution in [3.05, 3.63) is 41.0 Å². The minimum Gasteiger partial charge on any atom is -0.494 e. The van der Waals surface area contributed by atoms with Crippen LogP contribution >= 0.6 is 22.9 Å². The van der Waals surface area contributed by atoms with Gasteiger partial charge in [0.05, 0.1) is 18.9 Å². The summed E-state index contributed by atoms with van der Waals surface area (Å²) in [7, 11) is 3.04. The van der Waals surface area contributed by atoms with Gasteiger partial charge >= 0.3 is 0 Å². The third kappa shape index (κ3) is 3.20. The van der Waals surface area contributed by atoms with Crippen molar-refractivity contribution >= 4 is 44.2 Å². The van der Waals surface area contributed by atoms with Gasteiger partial charge in [-0.05, 0) is 18.2 Å². The van der Waals surface area contributed by atoms with E-state index < -0.39 is 0 Å². The van der Waals surface area contributed by atoms with Crippen LogP contribution in [0.2, 0.25) is 5.15 Å². The zero-order valence-electron chi connectivity index (χ0n) is 12.3. The summed E-state index contributed by atoms with van der Waals surface area (Å²) in [4.78, 5) is 20.7. The number of thiazole rings is 1. The Morgan fingerprint density at radius 1 is 1.22 bits per heavy atom. The predicted octanol–water partition coefficient (Wildman–Crippen LogP) is 3.61. The third-order valence-electron chi connectivity index (χ3n) is 3.06. The number of fused-ring (bicyclic) bond motifs is 1. The number of nitrogens with one attached hydrogen (secondary N) is 1. The third-order valence-corrected chi connectivity index (χ3v) is 4.19. The van der Waals surface area contributed by atoms with Crippen LogP contribution in [0.1, 0.15) is 10.4 Å². The molecule has 3 aromatic rings. The molecule has 0 atom stereocenters. The molecule has 1 aromatic carbocycles. The molecule has 0 aliphatic rings. The molecular weight excluding hydrogens is 338 g/mol. The number of hydrogen-bond acceptors (Lipinski definition) is 6. The summed E-state index contributed by atoms with van der Waals surface area (Å²) in [6, 6.07) is 8.58. The normalized spacial score (nSPS) is 10.6. The summed E-state index contributed by atoms with van der Waals surface area (Å²) < 4.78 is 11.2. The van der Waals surface area contributed by atoms with Crippen molar-refractivity contribution in [3.8, 4) is 11.6 Å². The molecule has 1 amide bonds. The van der Waals surface area contributed by atoms with Crippen molar-refractivity contribution in [3.63, 3.8) is 0 Å². The highest BCUT2D eigenvalue weighted by molar-refractivity contribution is 7.22. The van der Waals surface area contributed by atoms with Gasteiger partial charge in [-0.25, -0.2) is 9.97 Å². The van der Waals surface area contributed by atoms with Gasteiger partial charge in [-0.1, -0.05) is 29.0 Å². The lowest BCUT2D eigenvalue weighted by Gasteiger charge is -2.04. The minimum atomic E-state index is -0.342. The number of aromatic nitrogens is 2. The van der Waals surface area contributed by atoms with Crippen LogP contribution in [0.3, 0.4) is 0 Å². The Balaban J connectivity index is 1.90. The van der Waals surface area contributed by atoms with E-state index in [-0.39, 0.29) is 16.9 Å². The molecule has 0 aliphatic carbocycles. The molecule has 0 aliphatic heterocycles. The highest BCUT2D eigenvalue weighted by Gasteiger charge is 2.14. The van der Waals surface area contributed by atoms with Gasteiger partial charge in [0.2, 0.25) is 5.88 Å². The summed E-state index contributed by atoms with van der Waals surface area (Å²) >= 11 is 7.24. The molecule has 8 heteroatoms. The number of anilines is 1. The molecule has 0 unspecified atom stereocenters. The Morgan fingerprint density at radius 3 is 2.78 bits per heavy atom. The van der Waals surface area contributed by atoms with Crippen LogP contribution in [0.25, 0.3) is 10.2 Å². The molecular formula is C15H12ClN3O3S. The van der Waals surface area contributed by atoms with E-state index in [4.69, 9.17) is 21.1 Å². The number of amides is 1. The van der Waals surface area contributed by atoms with Crippen LogP contribution in [0.4, 0.5) is 5.13 Å². The first-order valence-corrected chi connectivity index (χ1v) is 7.76. The highest BCUT2D eigenvalue weighted by Crippen LogP contribution is 2.32. The lowest BCUT2D eigenvalue weighted by Crippen LogP contribution is -2.12. The van der Waals surface area contributed by atoms with Gasteiger partial charge in [0, 0.05) is 11.6 Å². The number of carbonyl (C=O) groups is 1. The summed E-state index contributed by atoms with van der Waals surface area (Å²) in [5, 5.41) is 3.40. The van der Waals surface area contributed by atoms with E-state index in [1.165, 1.54) is 30.6 Å². The zero-order chi connectivity index (χ0) is 16.4. The van der Waals surface area contributed by atoms with Gasteiger partial charge in [0.15, 0.2) is 5.13 Å². The number of hydrogen-bond donors (Lipinski definition) is 1. The first-order valence-electron chi connectivity index (χ1n) is 6.57. The molecule has 6 nitrogen and oxygen atoms in total. The van der Waals surface area contributed by atoms with E-state index in [0.29, 0.717) is 22.0 Å². The van der Waals surface area contributed by atoms with Crippen molar-refractivity contribution < 1.29 is 14.3 Å². The van der Waals surface area contributed by atoms with E-state index in [1.807, 2.05) is 18.2 Å². The largest absolute Gasteiger partial charge is 0.494 e. The SMILES string of the molecule is COc1cc(C(=O)Nc2nc3c(OC)cccc3s2)cc(Cl)n1. The molecule has 0 spiro atoms. The van der Waals surface area contributed by atoms with Gasteiger partial charge in [0.1, 0.15) is 16.4 Å². The van der Waals surface area contributed by atoms with Crippen molar-refractivity contribution in [2.75, 3.05) is 19.5 Å². The number of benzene rings is 1. The molecule has 3 rings (SSSR count). The fraction of sp³-hybridized carbons (Fsp3) is 0.133. The van der Waals surface area contributed by atoms with Crippen LogP contribution in [0, 0.1) is 0 Å². The topological polar surface area (TPSA) is 73.3 Å². The second-order valence-electron chi connectivity index (χ2n) is 4.50. The molecule has 0 fully saturated rings. The number of halogens is 1. The number of rotatable bonds is 4. The second kappa shape index (κ2) is 6.39. The average Bonchev–Trinajstić information content (AvgIpc) is 2.96. The molecule has 2 aromatic heterocycles. The molecule has 23 heavy (non-hydrogen) atoms. The van der Waals surface area contributed by atoms with E-state index in [2.05, 4.69) is 15.3 Å². The van der Waals surface area contributed by atoms with Crippen LogP contribution in [0.15, 0.2) is 30.3 Å². The molecule has 1 N–H and O–H groups in total. The summed E-state index contributed by atoms with van der Waals surface area (Å²) in [5.74, 6) is 0.590. The summed E-state index contributed by atoms with van der Waals surface area (Å²) in [5.41, 5.74) is 1.05. The van der Waals surface area contributed by atoms with E-state index >= 15 is 0 Å². The zero-order valence-corrected chi connectivity index (χ0v) is 13.9. The minimum absolute atomic E-state index is 0.181. The lowest BCUT2D eigenvalue weighted by atomic mass is 10.2. The van der Waals surface area contributed by atoms with Gasteiger partial charge < -0.3 is 9.47 Å². The average molecular weight is 350 g/mol. The number of nitrogens with zero attached hydrogens (tertiary/aromatic N) is 2. The maximum Gasteiger partial charge on any atom is 0.257 e. The van der Waals surface area contributed by atoms with Crippen LogP contribution < -0.4 is 14.8 Å². The Morgan fingerprint density at radius 2 is 2.04 bits per heavy atom. The maximum atomic E-state index is 12.3. The fourth-order valence-electron chi connectivity index (χ4n) is 2.02. The second-order valence-corrected chi connectivity index (χ2v) is 5.92. The molecule has 0 saturated carbocycles. The van der Waals surface area contributed by atoms with Crippen LogP contribution in [-0.2, 0) is 0 Å². The fourth-order valence-corrected chi connectivity index (χ4v) is 3.10. The van der Waals surface area contributed by atoms with Gasteiger partial charge in [-0.15, -0.1) is 0 Å². The van der Waals surface area contributed by atoms with Crippen molar-refractivity contribution in [1.29, 1.82) is 0 Å². The molecule has 0 saturated heterocycles. The van der Waals surface area contributed by atoms with Crippen LogP contribution in [-0.4, -0.2) is 30.1 Å². The first kappa shape index (κ1) is 15.5. The Labute approximate surface area is 141 Å². The van der Waals surface area contributed by atoms with E-state index in [9.17, 15) is 4.79 Å². The Bertz CT molecular complexity index is 882. The van der Waals surface area contributed by atoms with Gasteiger partial charge in [0.25, 0.3) is 5.91 Å². The van der Waals surface area contributed by atoms with Gasteiger partial charge in [-0.3, -0.25) is 10.1 Å². The van der Waals surface area contributed by atoms with E-state index in [0.717, 1.165) is 4.70 Å². The molecule has 0 radical (unpaired) electrons. The smallest absolute Gasteiger partial charge is 0.257 e. The number of carbonyl (C=O) groups excluding carboxylic acids is 1. The summed E-state index contributed by atoms with van der Waals surface area (Å²) in [6.45, 7) is 0. The van der Waals surface area contributed by atoms with Crippen molar-refractivity contribution in [2.24, 2.45) is 0 Å². The van der Waals surface area contributed by atoms with Crippen LogP contribution in [0.5, 0.6) is 11.6 Å². The number of para-hydroxylation sites is 1. The van der Waals surface area contributed by atoms with E-state index in [1.54, 1.807) is 7.11 Å². The quantitative estimate of drug-likeness (QED) is 0.728. The predicted molar refractivity (Wildman–Crippen MR) is 89.9 cm³/mol. The Hall–Kier alpha value is -2.38. The van der Waals surface area contributed by atoms with Crippen molar-refractivity contribution in [2.45, 2.75) is 0 Å². The standard InChI is InChI=1S/C15H12ClN3O3S/c1-21-9-4-3-5-10-13(9)18-15(23-10)19-14(20)8-6-11(16)17-12(7-8)22-2/h3-7H,1-2H3,(H,18,19,20). The number of methoxy groups -OCH3 is 2. The number of ether oxygens (including phenoxy) is 2. The Kier molecular flexibility index (Phi) is 4.31. The van der Waals surface area contributed by atoms with Gasteiger partial charge in [-0.2, -0.15) is 0 Å². The van der Waals surface area contributed by atoms with Crippen molar-refractivity contribution in [1.82, 2.24) is 9.97 Å². The first-order chi connectivity index (χ1) is 11.1. The monoisotopic (exact) mass is 349 g/mol. The maximum absolute atomic E-state index is 12.3. The lowest BCUT2D eigenvalue weighted by molar-refractivity contribution is 0.102. The summed E-state index contributed by atoms with van der Waals surface area (Å²) in [6.07, 6.45) is 0. The number of pyridine rings is 1. The molecule has 0 bridgehead atoms.